The summed E-state index contributed by atoms with van der Waals surface area (Å²) >= 11 is 1.64. The van der Waals surface area contributed by atoms with Crippen molar-refractivity contribution >= 4 is 33.3 Å². The normalized spacial score (nSPS) is 24.0. The van der Waals surface area contributed by atoms with Gasteiger partial charge < -0.3 is 10.6 Å². The Morgan fingerprint density at radius 1 is 1.20 bits per heavy atom. The summed E-state index contributed by atoms with van der Waals surface area (Å²) in [5, 5.41) is 3.22. The monoisotopic (exact) mass is 289 g/mol. The molecule has 1 atom stereocenters. The minimum absolute atomic E-state index is 0.391. The number of aromatic nitrogens is 2. The summed E-state index contributed by atoms with van der Waals surface area (Å²) in [5.41, 5.74) is 5.88. The minimum atomic E-state index is 0.391. The molecule has 2 saturated heterocycles. The van der Waals surface area contributed by atoms with Crippen LogP contribution in [0.2, 0.25) is 0 Å². The van der Waals surface area contributed by atoms with Gasteiger partial charge in [-0.15, -0.1) is 11.3 Å². The molecule has 2 aliphatic rings. The summed E-state index contributed by atoms with van der Waals surface area (Å²) in [5.74, 6) is 1.42. The highest BCUT2D eigenvalue weighted by molar-refractivity contribution is 7.16. The van der Waals surface area contributed by atoms with Crippen molar-refractivity contribution in [1.82, 2.24) is 14.9 Å². The standard InChI is InChI=1S/C14H19N5S/c15-14-16-12(11-4-8-20-13(11)17-14)19-7-2-6-18-5-1-3-10(18)9-19/h4,8,10H,1-3,5-7,9H2,(H2,15,16,17). The van der Waals surface area contributed by atoms with E-state index in [1.54, 1.807) is 11.3 Å². The van der Waals surface area contributed by atoms with E-state index in [9.17, 15) is 0 Å². The van der Waals surface area contributed by atoms with Crippen molar-refractivity contribution in [2.75, 3.05) is 36.8 Å². The van der Waals surface area contributed by atoms with Gasteiger partial charge in [0, 0.05) is 25.7 Å². The quantitative estimate of drug-likeness (QED) is 0.869. The first kappa shape index (κ1) is 12.3. The first-order valence-electron chi connectivity index (χ1n) is 7.31. The van der Waals surface area contributed by atoms with E-state index >= 15 is 0 Å². The van der Waals surface area contributed by atoms with Crippen LogP contribution in [-0.2, 0) is 0 Å². The number of fused-ring (bicyclic) bond motifs is 2. The molecule has 2 N–H and O–H groups in total. The molecule has 0 spiro atoms. The molecule has 0 aromatic carbocycles. The minimum Gasteiger partial charge on any atom is -0.368 e. The summed E-state index contributed by atoms with van der Waals surface area (Å²) in [6, 6.07) is 2.80. The summed E-state index contributed by atoms with van der Waals surface area (Å²) in [6.07, 6.45) is 3.84. The lowest BCUT2D eigenvalue weighted by Crippen LogP contribution is -2.37. The van der Waals surface area contributed by atoms with E-state index in [4.69, 9.17) is 5.73 Å². The van der Waals surface area contributed by atoms with E-state index in [1.807, 2.05) is 0 Å². The number of thiophene rings is 1. The second-order valence-corrected chi connectivity index (χ2v) is 6.57. The van der Waals surface area contributed by atoms with E-state index in [0.717, 1.165) is 29.1 Å². The number of nitrogen functional groups attached to an aromatic ring is 1. The Bertz CT molecular complexity index is 625. The molecule has 4 heterocycles. The van der Waals surface area contributed by atoms with Crippen molar-refractivity contribution in [2.45, 2.75) is 25.3 Å². The zero-order chi connectivity index (χ0) is 13.5. The van der Waals surface area contributed by atoms with Crippen LogP contribution in [0.1, 0.15) is 19.3 Å². The molecule has 106 valence electrons. The number of nitrogens with two attached hydrogens (primary N) is 1. The van der Waals surface area contributed by atoms with Crippen LogP contribution in [0.3, 0.4) is 0 Å². The molecular formula is C14H19N5S. The second kappa shape index (κ2) is 4.86. The van der Waals surface area contributed by atoms with Crippen LogP contribution in [0.15, 0.2) is 11.4 Å². The SMILES string of the molecule is Nc1nc(N2CCCN3CCCC3C2)c2ccsc2n1. The molecule has 2 aliphatic heterocycles. The average Bonchev–Trinajstić information content (AvgIpc) is 3.02. The molecule has 2 fully saturated rings. The molecule has 2 aromatic rings. The van der Waals surface area contributed by atoms with Gasteiger partial charge in [0.15, 0.2) is 0 Å². The van der Waals surface area contributed by atoms with Gasteiger partial charge in [-0.2, -0.15) is 4.98 Å². The highest BCUT2D eigenvalue weighted by atomic mass is 32.1. The Morgan fingerprint density at radius 3 is 3.05 bits per heavy atom. The second-order valence-electron chi connectivity index (χ2n) is 5.68. The Labute approximate surface area is 122 Å². The predicted octanol–water partition coefficient (Wildman–Crippen LogP) is 1.95. The smallest absolute Gasteiger partial charge is 0.223 e. The fourth-order valence-electron chi connectivity index (χ4n) is 3.50. The molecule has 2 aromatic heterocycles. The Hall–Kier alpha value is -1.40. The molecule has 1 unspecified atom stereocenters. The first-order valence-corrected chi connectivity index (χ1v) is 8.19. The molecular weight excluding hydrogens is 270 g/mol. The van der Waals surface area contributed by atoms with Gasteiger partial charge in [-0.05, 0) is 37.3 Å². The van der Waals surface area contributed by atoms with Crippen LogP contribution in [0.4, 0.5) is 11.8 Å². The molecule has 20 heavy (non-hydrogen) atoms. The topological polar surface area (TPSA) is 58.3 Å². The van der Waals surface area contributed by atoms with Gasteiger partial charge in [0.2, 0.25) is 5.95 Å². The molecule has 0 amide bonds. The number of hydrogen-bond acceptors (Lipinski definition) is 6. The third-order valence-electron chi connectivity index (χ3n) is 4.43. The van der Waals surface area contributed by atoms with Crippen LogP contribution in [-0.4, -0.2) is 47.1 Å². The lowest BCUT2D eigenvalue weighted by atomic mass is 10.2. The van der Waals surface area contributed by atoms with Crippen molar-refractivity contribution in [3.05, 3.63) is 11.4 Å². The van der Waals surface area contributed by atoms with Crippen LogP contribution in [0.5, 0.6) is 0 Å². The highest BCUT2D eigenvalue weighted by Crippen LogP contribution is 2.31. The zero-order valence-electron chi connectivity index (χ0n) is 11.5. The number of hydrogen-bond donors (Lipinski definition) is 1. The Balaban J connectivity index is 1.72. The molecule has 5 nitrogen and oxygen atoms in total. The van der Waals surface area contributed by atoms with Gasteiger partial charge in [-0.1, -0.05) is 0 Å². The van der Waals surface area contributed by atoms with Crippen molar-refractivity contribution < 1.29 is 0 Å². The van der Waals surface area contributed by atoms with Crippen molar-refractivity contribution in [2.24, 2.45) is 0 Å². The summed E-state index contributed by atoms with van der Waals surface area (Å²) in [4.78, 5) is 14.9. The van der Waals surface area contributed by atoms with Crippen molar-refractivity contribution in [1.29, 1.82) is 0 Å². The third-order valence-corrected chi connectivity index (χ3v) is 5.23. The predicted molar refractivity (Wildman–Crippen MR) is 83.3 cm³/mol. The van der Waals surface area contributed by atoms with Crippen LogP contribution < -0.4 is 10.6 Å². The van der Waals surface area contributed by atoms with Gasteiger partial charge in [0.05, 0.1) is 5.39 Å². The summed E-state index contributed by atoms with van der Waals surface area (Å²) in [6.45, 7) is 4.61. The Kier molecular flexibility index (Phi) is 3.00. The number of nitrogens with zero attached hydrogens (tertiary/aromatic N) is 4. The molecule has 0 radical (unpaired) electrons. The highest BCUT2D eigenvalue weighted by Gasteiger charge is 2.30. The first-order chi connectivity index (χ1) is 9.81. The van der Waals surface area contributed by atoms with Crippen molar-refractivity contribution in [3.63, 3.8) is 0 Å². The van der Waals surface area contributed by atoms with Gasteiger partial charge in [-0.3, -0.25) is 4.90 Å². The van der Waals surface area contributed by atoms with Crippen LogP contribution in [0.25, 0.3) is 10.2 Å². The van der Waals surface area contributed by atoms with E-state index in [-0.39, 0.29) is 0 Å². The Morgan fingerprint density at radius 2 is 2.10 bits per heavy atom. The summed E-state index contributed by atoms with van der Waals surface area (Å²) < 4.78 is 0. The zero-order valence-corrected chi connectivity index (χ0v) is 12.3. The third kappa shape index (κ3) is 2.03. The van der Waals surface area contributed by atoms with Crippen LogP contribution >= 0.6 is 11.3 Å². The molecule has 0 aliphatic carbocycles. The average molecular weight is 289 g/mol. The maximum atomic E-state index is 5.88. The lowest BCUT2D eigenvalue weighted by Gasteiger charge is -2.26. The maximum Gasteiger partial charge on any atom is 0.223 e. The van der Waals surface area contributed by atoms with Crippen molar-refractivity contribution in [3.8, 4) is 0 Å². The van der Waals surface area contributed by atoms with E-state index in [1.165, 1.54) is 32.4 Å². The van der Waals surface area contributed by atoms with Gasteiger partial charge in [0.1, 0.15) is 10.6 Å². The van der Waals surface area contributed by atoms with Gasteiger partial charge in [-0.25, -0.2) is 4.98 Å². The summed E-state index contributed by atoms with van der Waals surface area (Å²) in [7, 11) is 0. The molecule has 0 saturated carbocycles. The lowest BCUT2D eigenvalue weighted by molar-refractivity contribution is 0.273. The fraction of sp³-hybridized carbons (Fsp3) is 0.571. The maximum absolute atomic E-state index is 5.88. The van der Waals surface area contributed by atoms with Gasteiger partial charge >= 0.3 is 0 Å². The number of anilines is 2. The van der Waals surface area contributed by atoms with E-state index in [2.05, 4.69) is 31.2 Å². The fourth-order valence-corrected chi connectivity index (χ4v) is 4.26. The van der Waals surface area contributed by atoms with Gasteiger partial charge in [0.25, 0.3) is 0 Å². The van der Waals surface area contributed by atoms with E-state index in [0.29, 0.717) is 12.0 Å². The van der Waals surface area contributed by atoms with Crippen LogP contribution in [0, 0.1) is 0 Å². The molecule has 6 heteroatoms. The molecule has 0 bridgehead atoms. The van der Waals surface area contributed by atoms with E-state index < -0.39 is 0 Å². The largest absolute Gasteiger partial charge is 0.368 e. The molecule has 4 rings (SSSR count). The number of rotatable bonds is 1.